The largest absolute Gasteiger partial charge is 0.417 e. The summed E-state index contributed by atoms with van der Waals surface area (Å²) in [6.07, 6.45) is -4.45. The number of aromatic nitrogens is 1. The molecule has 1 rings (SSSR count). The Labute approximate surface area is 120 Å². The van der Waals surface area contributed by atoms with Crippen LogP contribution in [-0.2, 0) is 15.3 Å². The fraction of sp³-hybridized carbons (Fsp3) is 0.286. The van der Waals surface area contributed by atoms with Gasteiger partial charge in [0.15, 0.2) is 0 Å². The molecule has 0 spiro atoms. The molecule has 1 aromatic heterocycles. The maximum Gasteiger partial charge on any atom is 0.417 e. The topological polar surface area (TPSA) is 140 Å². The molecule has 0 fully saturated rings. The van der Waals surface area contributed by atoms with Crippen LogP contribution in [0.3, 0.4) is 0 Å². The Balaban J connectivity index is 3.18. The third-order valence-corrected chi connectivity index (χ3v) is 5.70. The van der Waals surface area contributed by atoms with Crippen molar-refractivity contribution >= 4 is 32.6 Å². The van der Waals surface area contributed by atoms with E-state index in [0.717, 1.165) is 0 Å². The van der Waals surface area contributed by atoms with Gasteiger partial charge in [-0.15, -0.1) is 0 Å². The van der Waals surface area contributed by atoms with Crippen molar-refractivity contribution in [1.82, 2.24) is 4.98 Å². The molecule has 1 heterocycles. The SMILES string of the molecule is O=P(O)(O)C(Nc1ncc(C(F)(F)F)cc1Cl)P(=O)(O)O. The molecular formula is C7H8ClF3N2O6P2. The molecule has 0 unspecified atom stereocenters. The fourth-order valence-electron chi connectivity index (χ4n) is 1.19. The normalized spacial score (nSPS) is 13.6. The highest BCUT2D eigenvalue weighted by atomic mass is 35.5. The Hall–Kier alpha value is -0.670. The van der Waals surface area contributed by atoms with Crippen LogP contribution in [0.1, 0.15) is 5.56 Å². The van der Waals surface area contributed by atoms with Crippen molar-refractivity contribution < 1.29 is 41.9 Å². The molecule has 0 aliphatic heterocycles. The van der Waals surface area contributed by atoms with Crippen LogP contribution < -0.4 is 5.32 Å². The summed E-state index contributed by atoms with van der Waals surface area (Å²) in [6, 6.07) is 0.396. The van der Waals surface area contributed by atoms with E-state index >= 15 is 0 Å². The second-order valence-electron chi connectivity index (χ2n) is 3.75. The fourth-order valence-corrected chi connectivity index (χ4v) is 3.55. The molecule has 0 aliphatic carbocycles. The van der Waals surface area contributed by atoms with E-state index in [4.69, 9.17) is 31.2 Å². The molecule has 14 heteroatoms. The van der Waals surface area contributed by atoms with Gasteiger partial charge in [0.1, 0.15) is 5.82 Å². The van der Waals surface area contributed by atoms with Crippen molar-refractivity contribution in [2.75, 3.05) is 5.32 Å². The van der Waals surface area contributed by atoms with Gasteiger partial charge in [0.25, 0.3) is 0 Å². The monoisotopic (exact) mass is 370 g/mol. The molecule has 8 nitrogen and oxygen atoms in total. The summed E-state index contributed by atoms with van der Waals surface area (Å²) in [4.78, 5) is 38.6. The minimum atomic E-state index is -5.32. The zero-order chi connectivity index (χ0) is 16.6. The lowest BCUT2D eigenvalue weighted by Gasteiger charge is -2.21. The number of hydrogen-bond acceptors (Lipinski definition) is 4. The highest BCUT2D eigenvalue weighted by Crippen LogP contribution is 2.59. The maximum absolute atomic E-state index is 12.4. The Morgan fingerprint density at radius 2 is 1.67 bits per heavy atom. The average Bonchev–Trinajstić information content (AvgIpc) is 2.22. The lowest BCUT2D eigenvalue weighted by molar-refractivity contribution is -0.137. The minimum absolute atomic E-state index is 0.296. The number of alkyl halides is 3. The van der Waals surface area contributed by atoms with Gasteiger partial charge < -0.3 is 24.9 Å². The zero-order valence-corrected chi connectivity index (χ0v) is 12.2. The maximum atomic E-state index is 12.4. The molecule has 0 aliphatic rings. The van der Waals surface area contributed by atoms with Crippen molar-refractivity contribution in [2.24, 2.45) is 0 Å². The second kappa shape index (κ2) is 5.85. The Morgan fingerprint density at radius 1 is 1.19 bits per heavy atom. The van der Waals surface area contributed by atoms with Gasteiger partial charge in [-0.3, -0.25) is 9.13 Å². The first-order chi connectivity index (χ1) is 9.23. The number of pyridine rings is 1. The zero-order valence-electron chi connectivity index (χ0n) is 9.69. The molecule has 0 atom stereocenters. The van der Waals surface area contributed by atoms with Crippen LogP contribution in [-0.4, -0.2) is 30.1 Å². The summed E-state index contributed by atoms with van der Waals surface area (Å²) < 4.78 is 59.1. The molecule has 120 valence electrons. The van der Waals surface area contributed by atoms with Gasteiger partial charge in [-0.2, -0.15) is 13.2 Å². The smallest absolute Gasteiger partial charge is 0.345 e. The number of nitrogens with zero attached hydrogens (tertiary/aromatic N) is 1. The first kappa shape index (κ1) is 18.4. The van der Waals surface area contributed by atoms with E-state index in [1.54, 1.807) is 5.32 Å². The van der Waals surface area contributed by atoms with Gasteiger partial charge in [0, 0.05) is 6.20 Å². The molecule has 0 amide bonds. The van der Waals surface area contributed by atoms with Crippen molar-refractivity contribution in [1.29, 1.82) is 0 Å². The summed E-state index contributed by atoms with van der Waals surface area (Å²) in [5, 5.41) is 0.958. The lowest BCUT2D eigenvalue weighted by atomic mass is 10.3. The van der Waals surface area contributed by atoms with Crippen LogP contribution in [0.4, 0.5) is 19.0 Å². The van der Waals surface area contributed by atoms with Crippen molar-refractivity contribution in [3.8, 4) is 0 Å². The van der Waals surface area contributed by atoms with Crippen molar-refractivity contribution in [2.45, 2.75) is 11.7 Å². The minimum Gasteiger partial charge on any atom is -0.345 e. The summed E-state index contributed by atoms with van der Waals surface area (Å²) in [7, 11) is -10.6. The first-order valence-electron chi connectivity index (χ1n) is 4.82. The van der Waals surface area contributed by atoms with Gasteiger partial charge in [-0.05, 0) is 6.07 Å². The highest BCUT2D eigenvalue weighted by molar-refractivity contribution is 7.71. The first-order valence-corrected chi connectivity index (χ1v) is 8.57. The third kappa shape index (κ3) is 4.93. The molecule has 0 radical (unpaired) electrons. The highest BCUT2D eigenvalue weighted by Gasteiger charge is 2.44. The molecule has 21 heavy (non-hydrogen) atoms. The van der Waals surface area contributed by atoms with Gasteiger partial charge in [-0.1, -0.05) is 11.6 Å². The number of anilines is 1. The summed E-state index contributed by atoms with van der Waals surface area (Å²) in [5.41, 5.74) is -3.91. The average molecular weight is 371 g/mol. The van der Waals surface area contributed by atoms with E-state index in [1.807, 2.05) is 0 Å². The van der Waals surface area contributed by atoms with Gasteiger partial charge in [-0.25, -0.2) is 4.98 Å². The van der Waals surface area contributed by atoms with Crippen LogP contribution in [0, 0.1) is 0 Å². The summed E-state index contributed by atoms with van der Waals surface area (Å²) >= 11 is 5.45. The van der Waals surface area contributed by atoms with E-state index in [9.17, 15) is 22.3 Å². The number of hydrogen-bond donors (Lipinski definition) is 5. The van der Waals surface area contributed by atoms with Crippen LogP contribution in [0.2, 0.25) is 5.02 Å². The summed E-state index contributed by atoms with van der Waals surface area (Å²) in [5.74, 6) is -0.707. The number of halogens is 4. The second-order valence-corrected chi connectivity index (χ2v) is 7.95. The standard InChI is InChI=1S/C7H8ClF3N2O6P2/c8-4-1-3(7(9,10)11)2-12-5(4)13-6(20(14,15)16)21(17,18)19/h1-2,6H,(H,12,13)(H2,14,15,16)(H2,17,18,19). The Bertz CT molecular complexity index is 607. The molecule has 0 saturated carbocycles. The van der Waals surface area contributed by atoms with Crippen molar-refractivity contribution in [3.63, 3.8) is 0 Å². The van der Waals surface area contributed by atoms with Crippen LogP contribution in [0.15, 0.2) is 12.3 Å². The molecule has 5 N–H and O–H groups in total. The van der Waals surface area contributed by atoms with Gasteiger partial charge >= 0.3 is 21.4 Å². The molecule has 0 bridgehead atoms. The summed E-state index contributed by atoms with van der Waals surface area (Å²) in [6.45, 7) is 0. The number of rotatable bonds is 4. The van der Waals surface area contributed by atoms with Gasteiger partial charge in [0.2, 0.25) is 5.52 Å². The number of nitrogens with one attached hydrogen (secondary N) is 1. The van der Waals surface area contributed by atoms with Crippen molar-refractivity contribution in [3.05, 3.63) is 22.8 Å². The third-order valence-electron chi connectivity index (χ3n) is 2.07. The van der Waals surface area contributed by atoms with E-state index in [1.165, 1.54) is 0 Å². The van der Waals surface area contributed by atoms with E-state index in [0.29, 0.717) is 12.3 Å². The Morgan fingerprint density at radius 3 is 2.00 bits per heavy atom. The predicted octanol–water partition coefficient (Wildman–Crippen LogP) is 1.80. The van der Waals surface area contributed by atoms with E-state index < -0.39 is 43.3 Å². The van der Waals surface area contributed by atoms with Crippen LogP contribution in [0.25, 0.3) is 0 Å². The molecule has 0 aromatic carbocycles. The van der Waals surface area contributed by atoms with Gasteiger partial charge in [0.05, 0.1) is 10.6 Å². The predicted molar refractivity (Wildman–Crippen MR) is 65.7 cm³/mol. The van der Waals surface area contributed by atoms with E-state index in [-0.39, 0.29) is 0 Å². The van der Waals surface area contributed by atoms with Crippen LogP contribution >= 0.6 is 26.8 Å². The van der Waals surface area contributed by atoms with E-state index in [2.05, 4.69) is 4.98 Å². The Kier molecular flexibility index (Phi) is 5.12. The molecule has 0 saturated heterocycles. The quantitative estimate of drug-likeness (QED) is 0.505. The molecule has 1 aromatic rings. The lowest BCUT2D eigenvalue weighted by Crippen LogP contribution is -2.21. The molecular weight excluding hydrogens is 362 g/mol. The van der Waals surface area contributed by atoms with Crippen LogP contribution in [0.5, 0.6) is 0 Å².